The van der Waals surface area contributed by atoms with Gasteiger partial charge in [0.1, 0.15) is 22.2 Å². The van der Waals surface area contributed by atoms with Crippen molar-refractivity contribution < 1.29 is 18.6 Å². The van der Waals surface area contributed by atoms with Crippen molar-refractivity contribution in [1.82, 2.24) is 10.2 Å². The molecule has 158 valence electrons. The molecule has 1 unspecified atom stereocenters. The van der Waals surface area contributed by atoms with Crippen molar-refractivity contribution in [2.24, 2.45) is 0 Å². The summed E-state index contributed by atoms with van der Waals surface area (Å²) in [7, 11) is 0. The van der Waals surface area contributed by atoms with Gasteiger partial charge in [-0.3, -0.25) is 14.4 Å². The van der Waals surface area contributed by atoms with Gasteiger partial charge in [-0.25, -0.2) is 9.22 Å². The molecule has 1 atom stereocenters. The maximum absolute atomic E-state index is 12.4. The number of hydroxylamine groups is 1. The molecule has 1 aliphatic heterocycles. The van der Waals surface area contributed by atoms with E-state index in [4.69, 9.17) is 4.84 Å². The number of carbonyl (C=O) groups is 2. The van der Waals surface area contributed by atoms with E-state index in [1.807, 2.05) is 48.5 Å². The first-order valence-corrected chi connectivity index (χ1v) is 10.9. The van der Waals surface area contributed by atoms with Gasteiger partial charge < -0.3 is 0 Å². The summed E-state index contributed by atoms with van der Waals surface area (Å²) in [5, 5.41) is 2.28. The second kappa shape index (κ2) is 10.8. The van der Waals surface area contributed by atoms with E-state index in [1.54, 1.807) is 0 Å². The number of hydrazine groups is 1. The highest BCUT2D eigenvalue weighted by Crippen LogP contribution is 2.23. The number of hydrogen-bond acceptors (Lipinski definition) is 4. The smallest absolute Gasteiger partial charge is 0.271 e. The Morgan fingerprint density at radius 1 is 1.00 bits per heavy atom. The van der Waals surface area contributed by atoms with Gasteiger partial charge in [0, 0.05) is 13.3 Å². The highest BCUT2D eigenvalue weighted by atomic mass is 32.1. The van der Waals surface area contributed by atoms with Crippen molar-refractivity contribution in [3.8, 4) is 0 Å². The third kappa shape index (κ3) is 5.43. The Kier molecular flexibility index (Phi) is 7.93. The Bertz CT molecular complexity index is 913. The van der Waals surface area contributed by atoms with Crippen LogP contribution in [-0.4, -0.2) is 43.7 Å². The fraction of sp³-hybridized carbons (Fsp3) is 0.348. The first-order chi connectivity index (χ1) is 14.6. The van der Waals surface area contributed by atoms with Crippen molar-refractivity contribution in [2.75, 3.05) is 6.61 Å². The van der Waals surface area contributed by atoms with Crippen molar-refractivity contribution in [1.29, 1.82) is 0 Å². The number of rotatable bonds is 10. The first kappa shape index (κ1) is 21.9. The molecule has 1 heterocycles. The summed E-state index contributed by atoms with van der Waals surface area (Å²) in [4.78, 5) is 30.4. The lowest BCUT2D eigenvalue weighted by Gasteiger charge is -2.45. The number of nitrogens with zero attached hydrogens (tertiary/aromatic N) is 2. The van der Waals surface area contributed by atoms with E-state index in [-0.39, 0.29) is 22.0 Å². The fourth-order valence-corrected chi connectivity index (χ4v) is 3.93. The number of hydrogen-bond donors (Lipinski definition) is 0. The fourth-order valence-electron chi connectivity index (χ4n) is 3.47. The largest absolute Gasteiger partial charge is 0.286 e. The summed E-state index contributed by atoms with van der Waals surface area (Å²) in [5.74, 6) is -0.851. The van der Waals surface area contributed by atoms with Crippen LogP contribution in [0, 0.1) is 0 Å². The van der Waals surface area contributed by atoms with Gasteiger partial charge in [0.25, 0.3) is 11.8 Å². The summed E-state index contributed by atoms with van der Waals surface area (Å²) in [6.45, 7) is 1.68. The van der Waals surface area contributed by atoms with Crippen LogP contribution in [0.5, 0.6) is 0 Å². The molecule has 6 nitrogen and oxygen atoms in total. The van der Waals surface area contributed by atoms with Gasteiger partial charge in [-0.1, -0.05) is 67.1 Å². The first-order valence-electron chi connectivity index (χ1n) is 10.1. The molecule has 1 saturated heterocycles. The summed E-state index contributed by atoms with van der Waals surface area (Å²) in [6, 6.07) is 19.4. The van der Waals surface area contributed by atoms with Crippen molar-refractivity contribution in [3.05, 3.63) is 71.8 Å². The Morgan fingerprint density at radius 3 is 2.23 bits per heavy atom. The minimum Gasteiger partial charge on any atom is -0.271 e. The summed E-state index contributed by atoms with van der Waals surface area (Å²) in [5.41, 5.74) is 2.29. The number of aryl methyl sites for hydroxylation is 1. The van der Waals surface area contributed by atoms with Crippen LogP contribution in [0.15, 0.2) is 60.7 Å². The van der Waals surface area contributed by atoms with Crippen LogP contribution in [-0.2, 0) is 38.5 Å². The SMILES string of the molecule is CC(=O)N(OCCCCCc1ccccc1)N1C(=O)C(=S=O)C1Cc1ccccc1. The molecule has 0 bridgehead atoms. The Hall–Kier alpha value is -2.77. The van der Waals surface area contributed by atoms with Crippen LogP contribution >= 0.6 is 0 Å². The Balaban J connectivity index is 1.53. The lowest BCUT2D eigenvalue weighted by Crippen LogP contribution is -2.69. The van der Waals surface area contributed by atoms with Crippen LogP contribution in [0.25, 0.3) is 0 Å². The van der Waals surface area contributed by atoms with Gasteiger partial charge in [-0.2, -0.15) is 0 Å². The predicted octanol–water partition coefficient (Wildman–Crippen LogP) is 2.93. The molecule has 0 saturated carbocycles. The van der Waals surface area contributed by atoms with Crippen LogP contribution in [0.2, 0.25) is 0 Å². The zero-order valence-corrected chi connectivity index (χ0v) is 17.8. The van der Waals surface area contributed by atoms with Crippen LogP contribution in [0.4, 0.5) is 0 Å². The summed E-state index contributed by atoms with van der Waals surface area (Å²) >= 11 is 0.195. The topological polar surface area (TPSA) is 66.9 Å². The third-order valence-corrected chi connectivity index (χ3v) is 5.64. The van der Waals surface area contributed by atoms with E-state index in [0.29, 0.717) is 13.0 Å². The van der Waals surface area contributed by atoms with Crippen molar-refractivity contribution in [3.63, 3.8) is 0 Å². The second-order valence-corrected chi connectivity index (χ2v) is 7.83. The summed E-state index contributed by atoms with van der Waals surface area (Å²) in [6.07, 6.45) is 4.21. The van der Waals surface area contributed by atoms with E-state index in [1.165, 1.54) is 17.5 Å². The van der Waals surface area contributed by atoms with E-state index < -0.39 is 11.9 Å². The molecule has 1 aliphatic rings. The van der Waals surface area contributed by atoms with Gasteiger partial charge in [-0.05, 0) is 30.4 Å². The number of carbonyl (C=O) groups excluding carboxylic acids is 2. The van der Waals surface area contributed by atoms with E-state index >= 15 is 0 Å². The number of amides is 2. The normalized spacial score (nSPS) is 15.6. The molecule has 0 aliphatic carbocycles. The molecule has 0 radical (unpaired) electrons. The Labute approximate surface area is 180 Å². The molecule has 2 aromatic carbocycles. The highest BCUT2D eigenvalue weighted by Gasteiger charge is 2.48. The molecule has 1 fully saturated rings. The average molecular weight is 427 g/mol. The van der Waals surface area contributed by atoms with E-state index in [0.717, 1.165) is 36.4 Å². The molecule has 2 aromatic rings. The van der Waals surface area contributed by atoms with E-state index in [9.17, 15) is 13.8 Å². The maximum atomic E-state index is 12.4. The van der Waals surface area contributed by atoms with Gasteiger partial charge in [0.15, 0.2) is 0 Å². The maximum Gasteiger partial charge on any atom is 0.286 e. The van der Waals surface area contributed by atoms with Crippen LogP contribution in [0.1, 0.15) is 37.3 Å². The Morgan fingerprint density at radius 2 is 1.63 bits per heavy atom. The highest BCUT2D eigenvalue weighted by molar-refractivity contribution is 7.69. The lowest BCUT2D eigenvalue weighted by atomic mass is 9.96. The second-order valence-electron chi connectivity index (χ2n) is 7.22. The average Bonchev–Trinajstić information content (AvgIpc) is 2.76. The minimum absolute atomic E-state index is 0.195. The quantitative estimate of drug-likeness (QED) is 0.254. The third-order valence-electron chi connectivity index (χ3n) is 5.01. The monoisotopic (exact) mass is 426 g/mol. The molecular weight excluding hydrogens is 400 g/mol. The lowest BCUT2D eigenvalue weighted by molar-refractivity contribution is -0.269. The number of β-lactam (4-membered cyclic amide) rings is 1. The van der Waals surface area contributed by atoms with Gasteiger partial charge in [0.2, 0.25) is 0 Å². The minimum atomic E-state index is -0.482. The van der Waals surface area contributed by atoms with E-state index in [2.05, 4.69) is 12.1 Å². The molecule has 0 spiro atoms. The molecule has 0 aromatic heterocycles. The molecule has 30 heavy (non-hydrogen) atoms. The van der Waals surface area contributed by atoms with Gasteiger partial charge in [0.05, 0.1) is 6.61 Å². The number of benzene rings is 2. The van der Waals surface area contributed by atoms with Crippen LogP contribution < -0.4 is 0 Å². The predicted molar refractivity (Wildman–Crippen MR) is 116 cm³/mol. The molecule has 0 N–H and O–H groups in total. The van der Waals surface area contributed by atoms with Crippen LogP contribution in [0.3, 0.4) is 0 Å². The van der Waals surface area contributed by atoms with Crippen molar-refractivity contribution in [2.45, 2.75) is 45.1 Å². The standard InChI is InChI=1S/C23H26N2O4S/c1-18(26)25(29-16-10-4-9-13-19-11-5-2-6-12-19)24-21(22(30-28)23(24)27)17-20-14-7-3-8-15-20/h2-3,5-8,11-12,14-15,21H,4,9-10,13,16-17H2,1H3. The summed E-state index contributed by atoms with van der Waals surface area (Å²) < 4.78 is 11.4. The van der Waals surface area contributed by atoms with Gasteiger partial charge in [-0.15, -0.1) is 5.17 Å². The molecule has 2 amide bonds. The zero-order chi connectivity index (χ0) is 21.3. The number of unbranched alkanes of at least 4 members (excludes halogenated alkanes) is 2. The molecule has 7 heteroatoms. The van der Waals surface area contributed by atoms with Gasteiger partial charge >= 0.3 is 0 Å². The molecule has 3 rings (SSSR count). The molecular formula is C23H26N2O4S. The van der Waals surface area contributed by atoms with Crippen molar-refractivity contribution >= 4 is 27.9 Å². The zero-order valence-electron chi connectivity index (χ0n) is 17.0.